The maximum absolute atomic E-state index is 12.0. The SMILES string of the molecule is COCCNC(=O)c1cc(Cl)cc2c1O[C@@H](C)C2. The molecular formula is C13H16ClNO3. The smallest absolute Gasteiger partial charge is 0.255 e. The molecule has 1 atom stereocenters. The van der Waals surface area contributed by atoms with Crippen molar-refractivity contribution in [3.63, 3.8) is 0 Å². The van der Waals surface area contributed by atoms with Crippen molar-refractivity contribution in [3.05, 3.63) is 28.3 Å². The largest absolute Gasteiger partial charge is 0.489 e. The van der Waals surface area contributed by atoms with Crippen LogP contribution in [-0.2, 0) is 11.2 Å². The van der Waals surface area contributed by atoms with Crippen molar-refractivity contribution >= 4 is 17.5 Å². The lowest BCUT2D eigenvalue weighted by Gasteiger charge is -2.10. The summed E-state index contributed by atoms with van der Waals surface area (Å²) in [7, 11) is 1.59. The highest BCUT2D eigenvalue weighted by molar-refractivity contribution is 6.31. The zero-order valence-corrected chi connectivity index (χ0v) is 11.2. The summed E-state index contributed by atoms with van der Waals surface area (Å²) in [5.74, 6) is 0.474. The van der Waals surface area contributed by atoms with Gasteiger partial charge in [-0.2, -0.15) is 0 Å². The maximum atomic E-state index is 12.0. The number of benzene rings is 1. The molecule has 0 bridgehead atoms. The van der Waals surface area contributed by atoms with Crippen LogP contribution in [0.5, 0.6) is 5.75 Å². The predicted octanol–water partition coefficient (Wildman–Crippen LogP) is 2.04. The number of methoxy groups -OCH3 is 1. The fourth-order valence-electron chi connectivity index (χ4n) is 2.02. The zero-order chi connectivity index (χ0) is 13.1. The molecule has 0 fully saturated rings. The summed E-state index contributed by atoms with van der Waals surface area (Å²) in [6, 6.07) is 3.49. The van der Waals surface area contributed by atoms with Crippen LogP contribution in [0.2, 0.25) is 5.02 Å². The Balaban J connectivity index is 2.20. The van der Waals surface area contributed by atoms with Crippen LogP contribution in [0.3, 0.4) is 0 Å². The van der Waals surface area contributed by atoms with E-state index in [0.717, 1.165) is 12.0 Å². The number of rotatable bonds is 4. The van der Waals surface area contributed by atoms with Gasteiger partial charge in [-0.15, -0.1) is 0 Å². The van der Waals surface area contributed by atoms with Crippen molar-refractivity contribution in [1.29, 1.82) is 0 Å². The molecule has 0 saturated heterocycles. The summed E-state index contributed by atoms with van der Waals surface area (Å²) >= 11 is 6.02. The number of hydrogen-bond donors (Lipinski definition) is 1. The minimum absolute atomic E-state index is 0.0870. The molecule has 1 aliphatic heterocycles. The Labute approximate surface area is 111 Å². The summed E-state index contributed by atoms with van der Waals surface area (Å²) in [5.41, 5.74) is 1.49. The average Bonchev–Trinajstić information content (AvgIpc) is 2.68. The molecule has 18 heavy (non-hydrogen) atoms. The van der Waals surface area contributed by atoms with Crippen LogP contribution in [0, 0.1) is 0 Å². The van der Waals surface area contributed by atoms with Crippen molar-refractivity contribution in [3.8, 4) is 5.75 Å². The third-order valence-electron chi connectivity index (χ3n) is 2.79. The number of carbonyl (C=O) groups excluding carboxylic acids is 1. The topological polar surface area (TPSA) is 47.6 Å². The predicted molar refractivity (Wildman–Crippen MR) is 69.5 cm³/mol. The lowest BCUT2D eigenvalue weighted by Crippen LogP contribution is -2.27. The Morgan fingerprint density at radius 3 is 3.11 bits per heavy atom. The molecule has 4 nitrogen and oxygen atoms in total. The molecule has 5 heteroatoms. The molecule has 1 heterocycles. The van der Waals surface area contributed by atoms with Gasteiger partial charge >= 0.3 is 0 Å². The van der Waals surface area contributed by atoms with Crippen LogP contribution in [0.1, 0.15) is 22.8 Å². The van der Waals surface area contributed by atoms with Crippen molar-refractivity contribution in [2.24, 2.45) is 0 Å². The highest BCUT2D eigenvalue weighted by atomic mass is 35.5. The van der Waals surface area contributed by atoms with Crippen LogP contribution in [0.15, 0.2) is 12.1 Å². The van der Waals surface area contributed by atoms with E-state index in [9.17, 15) is 4.79 Å². The van der Waals surface area contributed by atoms with E-state index < -0.39 is 0 Å². The molecule has 1 amide bonds. The molecule has 0 spiro atoms. The molecule has 98 valence electrons. The van der Waals surface area contributed by atoms with Gasteiger partial charge in [-0.1, -0.05) is 11.6 Å². The molecule has 2 rings (SSSR count). The first-order valence-electron chi connectivity index (χ1n) is 5.88. The van der Waals surface area contributed by atoms with E-state index in [2.05, 4.69) is 5.32 Å². The third kappa shape index (κ3) is 2.76. The zero-order valence-electron chi connectivity index (χ0n) is 10.5. The van der Waals surface area contributed by atoms with Crippen LogP contribution in [0.25, 0.3) is 0 Å². The molecule has 0 radical (unpaired) electrons. The number of amides is 1. The Bertz CT molecular complexity index is 462. The first-order valence-corrected chi connectivity index (χ1v) is 6.26. The second kappa shape index (κ2) is 5.59. The molecule has 0 aliphatic carbocycles. The van der Waals surface area contributed by atoms with Gasteiger partial charge in [0.25, 0.3) is 5.91 Å². The van der Waals surface area contributed by atoms with Crippen molar-refractivity contribution in [1.82, 2.24) is 5.32 Å². The number of ether oxygens (including phenoxy) is 2. The molecule has 1 N–H and O–H groups in total. The molecule has 1 aromatic rings. The van der Waals surface area contributed by atoms with Crippen molar-refractivity contribution < 1.29 is 14.3 Å². The second-order valence-electron chi connectivity index (χ2n) is 4.32. The van der Waals surface area contributed by atoms with Gasteiger partial charge in [0.05, 0.1) is 12.2 Å². The van der Waals surface area contributed by atoms with Gasteiger partial charge in [0.15, 0.2) is 0 Å². The highest BCUT2D eigenvalue weighted by Crippen LogP contribution is 2.35. The van der Waals surface area contributed by atoms with E-state index in [1.807, 2.05) is 13.0 Å². The molecule has 0 aromatic heterocycles. The Kier molecular flexibility index (Phi) is 4.09. The minimum atomic E-state index is -0.181. The summed E-state index contributed by atoms with van der Waals surface area (Å²) in [6.45, 7) is 2.92. The summed E-state index contributed by atoms with van der Waals surface area (Å²) in [6.07, 6.45) is 0.873. The summed E-state index contributed by atoms with van der Waals surface area (Å²) < 4.78 is 10.6. The minimum Gasteiger partial charge on any atom is -0.489 e. The Morgan fingerprint density at radius 1 is 1.61 bits per heavy atom. The molecule has 1 aliphatic rings. The van der Waals surface area contributed by atoms with Gasteiger partial charge in [-0.3, -0.25) is 4.79 Å². The quantitative estimate of drug-likeness (QED) is 0.851. The number of fused-ring (bicyclic) bond motifs is 1. The van der Waals surface area contributed by atoms with Gasteiger partial charge in [0, 0.05) is 30.7 Å². The van der Waals surface area contributed by atoms with Crippen molar-refractivity contribution in [2.45, 2.75) is 19.4 Å². The normalized spacial score (nSPS) is 17.2. The van der Waals surface area contributed by atoms with E-state index in [1.165, 1.54) is 0 Å². The molecule has 0 saturated carbocycles. The van der Waals surface area contributed by atoms with E-state index in [0.29, 0.717) is 29.5 Å². The Morgan fingerprint density at radius 2 is 2.39 bits per heavy atom. The molecular weight excluding hydrogens is 254 g/mol. The van der Waals surface area contributed by atoms with Crippen LogP contribution < -0.4 is 10.1 Å². The third-order valence-corrected chi connectivity index (χ3v) is 3.01. The van der Waals surface area contributed by atoms with Gasteiger partial charge in [0.1, 0.15) is 11.9 Å². The average molecular weight is 270 g/mol. The standard InChI is InChI=1S/C13H16ClNO3/c1-8-5-9-6-10(14)7-11(12(9)18-8)13(16)15-3-4-17-2/h6-8H,3-5H2,1-2H3,(H,15,16)/t8-/m0/s1. The van der Waals surface area contributed by atoms with E-state index in [4.69, 9.17) is 21.1 Å². The highest BCUT2D eigenvalue weighted by Gasteiger charge is 2.25. The lowest BCUT2D eigenvalue weighted by atomic mass is 10.1. The van der Waals surface area contributed by atoms with Crippen LogP contribution in [-0.4, -0.2) is 32.3 Å². The number of nitrogens with one attached hydrogen (secondary N) is 1. The molecule has 1 aromatic carbocycles. The summed E-state index contributed by atoms with van der Waals surface area (Å²) in [5, 5.41) is 3.33. The summed E-state index contributed by atoms with van der Waals surface area (Å²) in [4.78, 5) is 12.0. The second-order valence-corrected chi connectivity index (χ2v) is 4.76. The Hall–Kier alpha value is -1.26. The van der Waals surface area contributed by atoms with Crippen LogP contribution >= 0.6 is 11.6 Å². The lowest BCUT2D eigenvalue weighted by molar-refractivity contribution is 0.0932. The first-order chi connectivity index (χ1) is 8.61. The number of hydrogen-bond acceptors (Lipinski definition) is 3. The van der Waals surface area contributed by atoms with Gasteiger partial charge in [-0.05, 0) is 19.1 Å². The fourth-order valence-corrected chi connectivity index (χ4v) is 2.26. The van der Waals surface area contributed by atoms with E-state index in [1.54, 1.807) is 13.2 Å². The monoisotopic (exact) mass is 269 g/mol. The maximum Gasteiger partial charge on any atom is 0.255 e. The van der Waals surface area contributed by atoms with Crippen molar-refractivity contribution in [2.75, 3.05) is 20.3 Å². The first kappa shape index (κ1) is 13.2. The van der Waals surface area contributed by atoms with Gasteiger partial charge in [-0.25, -0.2) is 0 Å². The van der Waals surface area contributed by atoms with Crippen LogP contribution in [0.4, 0.5) is 0 Å². The van der Waals surface area contributed by atoms with Gasteiger partial charge in [0.2, 0.25) is 0 Å². The van der Waals surface area contributed by atoms with Gasteiger partial charge < -0.3 is 14.8 Å². The molecule has 0 unspecified atom stereocenters. The van der Waals surface area contributed by atoms with E-state index in [-0.39, 0.29) is 12.0 Å². The fraction of sp³-hybridized carbons (Fsp3) is 0.462. The number of carbonyl (C=O) groups is 1. The number of halogens is 1. The van der Waals surface area contributed by atoms with E-state index >= 15 is 0 Å².